The van der Waals surface area contributed by atoms with Gasteiger partial charge in [0.25, 0.3) is 0 Å². The Bertz CT molecular complexity index is 352. The molecule has 0 saturated heterocycles. The van der Waals surface area contributed by atoms with E-state index in [0.717, 1.165) is 22.1 Å². The van der Waals surface area contributed by atoms with Crippen LogP contribution in [0, 0.1) is 6.92 Å². The first kappa shape index (κ1) is 12.0. The van der Waals surface area contributed by atoms with Crippen LogP contribution >= 0.6 is 15.9 Å². The summed E-state index contributed by atoms with van der Waals surface area (Å²) in [6.07, 6.45) is 0.937. The molecule has 2 amide bonds. The number of rotatable bonds is 3. The summed E-state index contributed by atoms with van der Waals surface area (Å²) in [5, 5.41) is 5.53. The van der Waals surface area contributed by atoms with E-state index in [1.165, 1.54) is 0 Å². The van der Waals surface area contributed by atoms with Crippen LogP contribution in [0.4, 0.5) is 10.5 Å². The number of halogens is 1. The Kier molecular flexibility index (Phi) is 4.62. The first-order valence-corrected chi connectivity index (χ1v) is 5.73. The van der Waals surface area contributed by atoms with E-state index in [0.29, 0.717) is 6.54 Å². The van der Waals surface area contributed by atoms with E-state index >= 15 is 0 Å². The lowest BCUT2D eigenvalue weighted by molar-refractivity contribution is 0.252. The van der Waals surface area contributed by atoms with Gasteiger partial charge in [0.1, 0.15) is 0 Å². The standard InChI is InChI=1S/C11H15BrN2O/c1-3-6-13-11(15)14-9-4-5-10(12)8(2)7-9/h4-5,7H,3,6H2,1-2H3,(H2,13,14,15). The van der Waals surface area contributed by atoms with Crippen molar-refractivity contribution < 1.29 is 4.79 Å². The fourth-order valence-electron chi connectivity index (χ4n) is 1.14. The van der Waals surface area contributed by atoms with Crippen molar-refractivity contribution in [2.24, 2.45) is 0 Å². The number of carbonyl (C=O) groups excluding carboxylic acids is 1. The van der Waals surface area contributed by atoms with Crippen molar-refractivity contribution in [1.29, 1.82) is 0 Å². The van der Waals surface area contributed by atoms with Crippen molar-refractivity contribution in [3.63, 3.8) is 0 Å². The quantitative estimate of drug-likeness (QED) is 0.870. The fourth-order valence-corrected chi connectivity index (χ4v) is 1.38. The van der Waals surface area contributed by atoms with Crippen LogP contribution in [-0.4, -0.2) is 12.6 Å². The third kappa shape index (κ3) is 3.91. The molecule has 3 nitrogen and oxygen atoms in total. The van der Waals surface area contributed by atoms with E-state index in [4.69, 9.17) is 0 Å². The van der Waals surface area contributed by atoms with Crippen LogP contribution in [0.5, 0.6) is 0 Å². The predicted molar refractivity (Wildman–Crippen MR) is 66.2 cm³/mol. The number of benzene rings is 1. The average molecular weight is 271 g/mol. The van der Waals surface area contributed by atoms with E-state index in [-0.39, 0.29) is 6.03 Å². The number of urea groups is 1. The predicted octanol–water partition coefficient (Wildman–Crippen LogP) is 3.29. The van der Waals surface area contributed by atoms with Crippen molar-refractivity contribution in [3.05, 3.63) is 28.2 Å². The number of aryl methyl sites for hydroxylation is 1. The van der Waals surface area contributed by atoms with Crippen LogP contribution < -0.4 is 10.6 Å². The number of amides is 2. The zero-order chi connectivity index (χ0) is 11.3. The van der Waals surface area contributed by atoms with Crippen LogP contribution in [0.2, 0.25) is 0 Å². The van der Waals surface area contributed by atoms with Gasteiger partial charge in [-0.1, -0.05) is 22.9 Å². The first-order chi connectivity index (χ1) is 7.13. The summed E-state index contributed by atoms with van der Waals surface area (Å²) in [7, 11) is 0. The minimum absolute atomic E-state index is 0.154. The third-order valence-corrected chi connectivity index (χ3v) is 2.84. The maximum atomic E-state index is 11.3. The van der Waals surface area contributed by atoms with Gasteiger partial charge in [-0.3, -0.25) is 0 Å². The molecule has 1 rings (SSSR count). The molecule has 1 aromatic carbocycles. The molecule has 4 heteroatoms. The van der Waals surface area contributed by atoms with Crippen molar-refractivity contribution in [2.45, 2.75) is 20.3 Å². The molecule has 0 atom stereocenters. The van der Waals surface area contributed by atoms with Crippen LogP contribution in [0.3, 0.4) is 0 Å². The number of nitrogens with one attached hydrogen (secondary N) is 2. The first-order valence-electron chi connectivity index (χ1n) is 4.94. The highest BCUT2D eigenvalue weighted by molar-refractivity contribution is 9.10. The molecule has 0 radical (unpaired) electrons. The van der Waals surface area contributed by atoms with Crippen LogP contribution in [0.15, 0.2) is 22.7 Å². The average Bonchev–Trinajstić information content (AvgIpc) is 2.20. The topological polar surface area (TPSA) is 41.1 Å². The van der Waals surface area contributed by atoms with E-state index < -0.39 is 0 Å². The van der Waals surface area contributed by atoms with Gasteiger partial charge in [-0.05, 0) is 37.1 Å². The van der Waals surface area contributed by atoms with Gasteiger partial charge < -0.3 is 10.6 Å². The van der Waals surface area contributed by atoms with Crippen LogP contribution in [-0.2, 0) is 0 Å². The molecule has 2 N–H and O–H groups in total. The lowest BCUT2D eigenvalue weighted by Gasteiger charge is -2.07. The molecule has 0 spiro atoms. The van der Waals surface area contributed by atoms with Crippen molar-refractivity contribution >= 4 is 27.6 Å². The molecular formula is C11H15BrN2O. The van der Waals surface area contributed by atoms with E-state index in [1.807, 2.05) is 32.0 Å². The molecule has 1 aromatic rings. The highest BCUT2D eigenvalue weighted by atomic mass is 79.9. The second-order valence-electron chi connectivity index (χ2n) is 3.34. The van der Waals surface area contributed by atoms with Gasteiger partial charge in [-0.2, -0.15) is 0 Å². The number of hydrogen-bond acceptors (Lipinski definition) is 1. The largest absolute Gasteiger partial charge is 0.338 e. The number of carbonyl (C=O) groups is 1. The van der Waals surface area contributed by atoms with Gasteiger partial charge in [0.2, 0.25) is 0 Å². The lowest BCUT2D eigenvalue weighted by atomic mass is 10.2. The second-order valence-corrected chi connectivity index (χ2v) is 4.20. The molecule has 0 heterocycles. The third-order valence-electron chi connectivity index (χ3n) is 1.95. The molecule has 0 aliphatic rings. The maximum absolute atomic E-state index is 11.3. The Balaban J connectivity index is 2.57. The van der Waals surface area contributed by atoms with Gasteiger partial charge in [0.05, 0.1) is 0 Å². The molecule has 0 aromatic heterocycles. The fraction of sp³-hybridized carbons (Fsp3) is 0.364. The van der Waals surface area contributed by atoms with Crippen molar-refractivity contribution in [3.8, 4) is 0 Å². The summed E-state index contributed by atoms with van der Waals surface area (Å²) in [6.45, 7) is 4.70. The molecule has 82 valence electrons. The maximum Gasteiger partial charge on any atom is 0.319 e. The second kappa shape index (κ2) is 5.75. The SMILES string of the molecule is CCCNC(=O)Nc1ccc(Br)c(C)c1. The molecule has 0 bridgehead atoms. The van der Waals surface area contributed by atoms with Crippen molar-refractivity contribution in [2.75, 3.05) is 11.9 Å². The molecule has 0 unspecified atom stereocenters. The Morgan fingerprint density at radius 2 is 2.20 bits per heavy atom. The van der Waals surface area contributed by atoms with Gasteiger partial charge in [0, 0.05) is 16.7 Å². The molecule has 0 aliphatic carbocycles. The Morgan fingerprint density at radius 3 is 2.80 bits per heavy atom. The highest BCUT2D eigenvalue weighted by Gasteiger charge is 2.01. The number of hydrogen-bond donors (Lipinski definition) is 2. The van der Waals surface area contributed by atoms with E-state index in [9.17, 15) is 4.79 Å². The molecular weight excluding hydrogens is 256 g/mol. The smallest absolute Gasteiger partial charge is 0.319 e. The summed E-state index contributed by atoms with van der Waals surface area (Å²) in [4.78, 5) is 11.3. The Labute approximate surface area is 98.4 Å². The normalized spacial score (nSPS) is 9.80. The van der Waals surface area contributed by atoms with Crippen LogP contribution in [0.25, 0.3) is 0 Å². The number of anilines is 1. The summed E-state index contributed by atoms with van der Waals surface area (Å²) in [6, 6.07) is 5.56. The zero-order valence-electron chi connectivity index (χ0n) is 8.93. The zero-order valence-corrected chi connectivity index (χ0v) is 10.5. The minimum Gasteiger partial charge on any atom is -0.338 e. The summed E-state index contributed by atoms with van der Waals surface area (Å²) in [5.41, 5.74) is 1.91. The van der Waals surface area contributed by atoms with Gasteiger partial charge in [0.15, 0.2) is 0 Å². The molecule has 0 saturated carbocycles. The molecule has 0 fully saturated rings. The Morgan fingerprint density at radius 1 is 1.47 bits per heavy atom. The Hall–Kier alpha value is -1.03. The minimum atomic E-state index is -0.154. The summed E-state index contributed by atoms with van der Waals surface area (Å²) >= 11 is 3.41. The molecule has 0 aliphatic heterocycles. The van der Waals surface area contributed by atoms with Gasteiger partial charge in [-0.25, -0.2) is 4.79 Å². The molecule has 15 heavy (non-hydrogen) atoms. The van der Waals surface area contributed by atoms with E-state index in [1.54, 1.807) is 0 Å². The van der Waals surface area contributed by atoms with Crippen LogP contribution in [0.1, 0.15) is 18.9 Å². The van der Waals surface area contributed by atoms with Gasteiger partial charge >= 0.3 is 6.03 Å². The monoisotopic (exact) mass is 270 g/mol. The lowest BCUT2D eigenvalue weighted by Crippen LogP contribution is -2.29. The van der Waals surface area contributed by atoms with Gasteiger partial charge in [-0.15, -0.1) is 0 Å². The van der Waals surface area contributed by atoms with Crippen molar-refractivity contribution in [1.82, 2.24) is 5.32 Å². The highest BCUT2D eigenvalue weighted by Crippen LogP contribution is 2.19. The summed E-state index contributed by atoms with van der Waals surface area (Å²) < 4.78 is 1.04. The summed E-state index contributed by atoms with van der Waals surface area (Å²) in [5.74, 6) is 0. The van der Waals surface area contributed by atoms with E-state index in [2.05, 4.69) is 26.6 Å².